The van der Waals surface area contributed by atoms with Crippen LogP contribution in [0.5, 0.6) is 0 Å². The molecule has 29 heavy (non-hydrogen) atoms. The molecular weight excluding hydrogens is 398 g/mol. The summed E-state index contributed by atoms with van der Waals surface area (Å²) in [4.78, 5) is 14.0. The number of para-hydroxylation sites is 1. The molecule has 0 saturated heterocycles. The maximum absolute atomic E-state index is 6.40. The number of thiophene rings is 1. The van der Waals surface area contributed by atoms with E-state index >= 15 is 0 Å². The molecule has 0 atom stereocenters. The van der Waals surface area contributed by atoms with Crippen LogP contribution in [-0.4, -0.2) is 16.5 Å². The number of nitrogens with zero attached hydrogens (tertiary/aromatic N) is 3. The van der Waals surface area contributed by atoms with E-state index in [2.05, 4.69) is 72.3 Å². The van der Waals surface area contributed by atoms with Gasteiger partial charge < -0.3 is 4.90 Å². The molecule has 0 radical (unpaired) electrons. The number of aromatic nitrogens is 2. The second-order valence-corrected chi connectivity index (χ2v) is 8.92. The van der Waals surface area contributed by atoms with Crippen LogP contribution < -0.4 is 4.90 Å². The van der Waals surface area contributed by atoms with E-state index in [0.717, 1.165) is 41.8 Å². The Hall–Kier alpha value is -2.43. The number of fused-ring (bicyclic) bond motifs is 2. The predicted octanol–water partition coefficient (Wildman–Crippen LogP) is 6.97. The van der Waals surface area contributed by atoms with Gasteiger partial charge in [0.1, 0.15) is 10.6 Å². The quantitative estimate of drug-likeness (QED) is 0.336. The highest BCUT2D eigenvalue weighted by Gasteiger charge is 2.26. The molecule has 1 aliphatic rings. The number of benzene rings is 2. The summed E-state index contributed by atoms with van der Waals surface area (Å²) >= 11 is 8.13. The number of halogens is 1. The van der Waals surface area contributed by atoms with Crippen LogP contribution in [0.3, 0.4) is 0 Å². The van der Waals surface area contributed by atoms with E-state index in [4.69, 9.17) is 16.6 Å². The number of anilines is 2. The van der Waals surface area contributed by atoms with Gasteiger partial charge in [0.25, 0.3) is 0 Å². The number of aryl methyl sites for hydroxylation is 3. The monoisotopic (exact) mass is 419 g/mol. The fourth-order valence-electron chi connectivity index (χ4n) is 4.23. The van der Waals surface area contributed by atoms with Crippen LogP contribution in [0.4, 0.5) is 11.5 Å². The average Bonchev–Trinajstić information content (AvgIpc) is 3.11. The molecule has 5 rings (SSSR count). The van der Waals surface area contributed by atoms with Crippen molar-refractivity contribution < 1.29 is 0 Å². The topological polar surface area (TPSA) is 29.0 Å². The standard InChI is InChI=1S/C24H22ClN3S/c1-3-19-20(17-12-10-15(2)11-13-17)21-22(26-24(25)27-23(21)29-19)28-14-6-8-16-7-4-5-9-18(16)28/h4-5,7,9-13H,3,6,8,14H2,1-2H3. The summed E-state index contributed by atoms with van der Waals surface area (Å²) in [5.74, 6) is 0.929. The third-order valence-electron chi connectivity index (χ3n) is 5.61. The summed E-state index contributed by atoms with van der Waals surface area (Å²) in [5, 5.41) is 1.44. The van der Waals surface area contributed by atoms with Crippen LogP contribution in [0, 0.1) is 6.92 Å². The van der Waals surface area contributed by atoms with Crippen LogP contribution in [0.15, 0.2) is 48.5 Å². The molecule has 0 saturated carbocycles. The van der Waals surface area contributed by atoms with Gasteiger partial charge in [-0.05, 0) is 55.0 Å². The fraction of sp³-hybridized carbons (Fsp3) is 0.250. The zero-order chi connectivity index (χ0) is 20.0. The van der Waals surface area contributed by atoms with Crippen molar-refractivity contribution in [1.82, 2.24) is 9.97 Å². The molecule has 0 fully saturated rings. The van der Waals surface area contributed by atoms with Crippen LogP contribution >= 0.6 is 22.9 Å². The number of hydrogen-bond donors (Lipinski definition) is 0. The van der Waals surface area contributed by atoms with Crippen LogP contribution in [-0.2, 0) is 12.8 Å². The Kier molecular flexibility index (Phi) is 4.76. The molecule has 0 amide bonds. The van der Waals surface area contributed by atoms with Gasteiger partial charge in [-0.2, -0.15) is 4.98 Å². The Morgan fingerprint density at radius 3 is 2.66 bits per heavy atom. The SMILES string of the molecule is CCc1sc2nc(Cl)nc(N3CCCc4ccccc43)c2c1-c1ccc(C)cc1. The van der Waals surface area contributed by atoms with E-state index in [0.29, 0.717) is 5.28 Å². The van der Waals surface area contributed by atoms with Gasteiger partial charge >= 0.3 is 0 Å². The van der Waals surface area contributed by atoms with Gasteiger partial charge in [0.2, 0.25) is 5.28 Å². The lowest BCUT2D eigenvalue weighted by Crippen LogP contribution is -2.25. The fourth-order valence-corrected chi connectivity index (χ4v) is 5.57. The number of rotatable bonds is 3. The lowest BCUT2D eigenvalue weighted by atomic mass is 9.99. The van der Waals surface area contributed by atoms with Crippen molar-refractivity contribution in [2.24, 2.45) is 0 Å². The van der Waals surface area contributed by atoms with Gasteiger partial charge in [0.05, 0.1) is 5.39 Å². The molecule has 4 aromatic rings. The Morgan fingerprint density at radius 1 is 1.07 bits per heavy atom. The minimum absolute atomic E-state index is 0.315. The molecule has 0 aliphatic carbocycles. The molecule has 2 aromatic heterocycles. The minimum atomic E-state index is 0.315. The first kappa shape index (κ1) is 18.6. The van der Waals surface area contributed by atoms with E-state index in [1.165, 1.54) is 32.8 Å². The third kappa shape index (κ3) is 3.21. The van der Waals surface area contributed by atoms with Gasteiger partial charge in [0.15, 0.2) is 0 Å². The molecule has 3 nitrogen and oxygen atoms in total. The van der Waals surface area contributed by atoms with Crippen molar-refractivity contribution in [2.45, 2.75) is 33.1 Å². The smallest absolute Gasteiger partial charge is 0.225 e. The second kappa shape index (κ2) is 7.43. The Morgan fingerprint density at radius 2 is 1.86 bits per heavy atom. The van der Waals surface area contributed by atoms with Crippen LogP contribution in [0.2, 0.25) is 5.28 Å². The molecule has 146 valence electrons. The van der Waals surface area contributed by atoms with Gasteiger partial charge in [-0.3, -0.25) is 0 Å². The Labute approximate surface area is 180 Å². The summed E-state index contributed by atoms with van der Waals surface area (Å²) in [6, 6.07) is 17.4. The zero-order valence-electron chi connectivity index (χ0n) is 16.6. The highest BCUT2D eigenvalue weighted by atomic mass is 35.5. The molecule has 5 heteroatoms. The van der Waals surface area contributed by atoms with E-state index in [9.17, 15) is 0 Å². The molecule has 0 bridgehead atoms. The Bertz CT molecular complexity index is 1200. The maximum Gasteiger partial charge on any atom is 0.225 e. The molecule has 0 N–H and O–H groups in total. The second-order valence-electron chi connectivity index (χ2n) is 7.50. The minimum Gasteiger partial charge on any atom is -0.325 e. The molecule has 0 unspecified atom stereocenters. The van der Waals surface area contributed by atoms with Crippen LogP contribution in [0.25, 0.3) is 21.3 Å². The third-order valence-corrected chi connectivity index (χ3v) is 7.00. The highest BCUT2D eigenvalue weighted by Crippen LogP contribution is 2.45. The summed E-state index contributed by atoms with van der Waals surface area (Å²) in [7, 11) is 0. The van der Waals surface area contributed by atoms with E-state index in [1.807, 2.05) is 0 Å². The summed E-state index contributed by atoms with van der Waals surface area (Å²) < 4.78 is 0. The molecule has 3 heterocycles. The number of hydrogen-bond acceptors (Lipinski definition) is 4. The van der Waals surface area contributed by atoms with Crippen molar-refractivity contribution in [1.29, 1.82) is 0 Å². The largest absolute Gasteiger partial charge is 0.325 e. The Balaban J connectivity index is 1.81. The normalized spacial score (nSPS) is 13.7. The lowest BCUT2D eigenvalue weighted by Gasteiger charge is -2.31. The summed E-state index contributed by atoms with van der Waals surface area (Å²) in [6.07, 6.45) is 3.16. The first-order valence-corrected chi connectivity index (χ1v) is 11.3. The van der Waals surface area contributed by atoms with Crippen molar-refractivity contribution in [3.8, 4) is 11.1 Å². The molecule has 0 spiro atoms. The maximum atomic E-state index is 6.40. The first-order valence-electron chi connectivity index (χ1n) is 10.1. The molecule has 1 aliphatic heterocycles. The van der Waals surface area contributed by atoms with E-state index < -0.39 is 0 Å². The predicted molar refractivity (Wildman–Crippen MR) is 124 cm³/mol. The van der Waals surface area contributed by atoms with Crippen LogP contribution in [0.1, 0.15) is 29.3 Å². The highest BCUT2D eigenvalue weighted by molar-refractivity contribution is 7.19. The zero-order valence-corrected chi connectivity index (χ0v) is 18.1. The van der Waals surface area contributed by atoms with Crippen molar-refractivity contribution in [3.63, 3.8) is 0 Å². The van der Waals surface area contributed by atoms with Gasteiger partial charge in [-0.15, -0.1) is 11.3 Å². The average molecular weight is 420 g/mol. The van der Waals surface area contributed by atoms with E-state index in [-0.39, 0.29) is 0 Å². The van der Waals surface area contributed by atoms with Crippen molar-refractivity contribution >= 4 is 44.7 Å². The molecule has 2 aromatic carbocycles. The molecular formula is C24H22ClN3S. The van der Waals surface area contributed by atoms with Gasteiger partial charge in [-0.1, -0.05) is 55.0 Å². The summed E-state index contributed by atoms with van der Waals surface area (Å²) in [5.41, 5.74) is 6.33. The summed E-state index contributed by atoms with van der Waals surface area (Å²) in [6.45, 7) is 5.26. The lowest BCUT2D eigenvalue weighted by molar-refractivity contribution is 0.761. The van der Waals surface area contributed by atoms with Gasteiger partial charge in [-0.25, -0.2) is 4.98 Å². The van der Waals surface area contributed by atoms with Crippen molar-refractivity contribution in [2.75, 3.05) is 11.4 Å². The van der Waals surface area contributed by atoms with E-state index in [1.54, 1.807) is 11.3 Å². The van der Waals surface area contributed by atoms with Gasteiger partial charge in [0, 0.05) is 22.7 Å². The van der Waals surface area contributed by atoms with Crippen molar-refractivity contribution in [3.05, 3.63) is 69.8 Å². The first-order chi connectivity index (χ1) is 14.2.